The second kappa shape index (κ2) is 9.94. The van der Waals surface area contributed by atoms with Gasteiger partial charge in [-0.1, -0.05) is 23.7 Å². The van der Waals surface area contributed by atoms with Gasteiger partial charge in [0.25, 0.3) is 17.7 Å². The summed E-state index contributed by atoms with van der Waals surface area (Å²) in [6, 6.07) is 18.7. The first-order valence-electron chi connectivity index (χ1n) is 10.2. The van der Waals surface area contributed by atoms with Crippen molar-refractivity contribution in [2.24, 2.45) is 0 Å². The number of benzene rings is 3. The van der Waals surface area contributed by atoms with Crippen LogP contribution in [0.3, 0.4) is 0 Å². The number of rotatable bonds is 5. The van der Waals surface area contributed by atoms with E-state index in [2.05, 4.69) is 16.2 Å². The third-order valence-electron chi connectivity index (χ3n) is 5.04. The second-order valence-electron chi connectivity index (χ2n) is 7.41. The summed E-state index contributed by atoms with van der Waals surface area (Å²) < 4.78 is 5.98. The molecule has 4 rings (SSSR count). The quantitative estimate of drug-likeness (QED) is 0.333. The lowest BCUT2D eigenvalue weighted by atomic mass is 10.1. The van der Waals surface area contributed by atoms with Gasteiger partial charge in [-0.25, -0.2) is 0 Å². The molecule has 0 saturated heterocycles. The molecule has 9 heteroatoms. The van der Waals surface area contributed by atoms with E-state index >= 15 is 0 Å². The Morgan fingerprint density at radius 2 is 1.44 bits per heavy atom. The predicted molar refractivity (Wildman–Crippen MR) is 134 cm³/mol. The monoisotopic (exact) mass is 493 g/mol. The van der Waals surface area contributed by atoms with Gasteiger partial charge >= 0.3 is 0 Å². The molecule has 3 N–H and O–H groups in total. The Bertz CT molecular complexity index is 1380. The fourth-order valence-electron chi connectivity index (χ4n) is 3.21. The molecular weight excluding hydrogens is 474 g/mol. The van der Waals surface area contributed by atoms with E-state index in [9.17, 15) is 14.4 Å². The molecule has 0 aliphatic heterocycles. The van der Waals surface area contributed by atoms with Gasteiger partial charge in [-0.2, -0.15) is 0 Å². The number of halogens is 1. The summed E-state index contributed by atoms with van der Waals surface area (Å²) in [4.78, 5) is 37.7. The van der Waals surface area contributed by atoms with Crippen LogP contribution in [0.15, 0.2) is 66.7 Å². The summed E-state index contributed by atoms with van der Waals surface area (Å²) in [6.07, 6.45) is 0. The van der Waals surface area contributed by atoms with Crippen molar-refractivity contribution in [1.82, 2.24) is 10.9 Å². The number of nitrogens with one attached hydrogen (secondary N) is 3. The second-order valence-corrected chi connectivity index (χ2v) is 8.84. The highest BCUT2D eigenvalue weighted by molar-refractivity contribution is 7.21. The molecule has 0 saturated carbocycles. The smallest absolute Gasteiger partial charge is 0.281 e. The summed E-state index contributed by atoms with van der Waals surface area (Å²) in [5, 5.41) is 3.91. The Morgan fingerprint density at radius 3 is 2.12 bits per heavy atom. The number of thiophene rings is 1. The molecule has 3 aromatic carbocycles. The van der Waals surface area contributed by atoms with Crippen molar-refractivity contribution < 1.29 is 19.1 Å². The lowest BCUT2D eigenvalue weighted by Crippen LogP contribution is -2.41. The van der Waals surface area contributed by atoms with Gasteiger partial charge in [0, 0.05) is 26.9 Å². The van der Waals surface area contributed by atoms with Crippen LogP contribution in [0.1, 0.15) is 36.0 Å². The highest BCUT2D eigenvalue weighted by Gasteiger charge is 2.18. The molecule has 1 aromatic heterocycles. The molecule has 172 valence electrons. The maximum absolute atomic E-state index is 12.6. The third-order valence-corrected chi connectivity index (χ3v) is 6.69. The van der Waals surface area contributed by atoms with Crippen molar-refractivity contribution in [2.45, 2.75) is 6.92 Å². The van der Waals surface area contributed by atoms with Gasteiger partial charge in [0.15, 0.2) is 0 Å². The van der Waals surface area contributed by atoms with Crippen LogP contribution in [-0.4, -0.2) is 24.8 Å². The average molecular weight is 494 g/mol. The van der Waals surface area contributed by atoms with Crippen LogP contribution in [0, 0.1) is 6.92 Å². The highest BCUT2D eigenvalue weighted by atomic mass is 35.5. The van der Waals surface area contributed by atoms with E-state index < -0.39 is 11.8 Å². The number of ether oxygens (including phenoxy) is 1. The molecular formula is C25H20ClN3O4S. The zero-order valence-corrected chi connectivity index (χ0v) is 19.8. The number of hydrogen-bond donors (Lipinski definition) is 3. The molecule has 0 aliphatic rings. The molecule has 0 fully saturated rings. The number of anilines is 1. The lowest BCUT2D eigenvalue weighted by molar-refractivity contribution is 0.0849. The number of carbonyl (C=O) groups is 3. The zero-order chi connectivity index (χ0) is 24.2. The Balaban J connectivity index is 1.36. The maximum Gasteiger partial charge on any atom is 0.281 e. The Morgan fingerprint density at radius 1 is 0.824 bits per heavy atom. The lowest BCUT2D eigenvalue weighted by Gasteiger charge is -2.09. The first-order valence-corrected chi connectivity index (χ1v) is 11.4. The van der Waals surface area contributed by atoms with E-state index in [0.717, 1.165) is 15.6 Å². The summed E-state index contributed by atoms with van der Waals surface area (Å²) in [5.74, 6) is -0.638. The SMILES string of the molecule is COc1ccc(C(=O)Nc2ccc(C(=O)NNC(=O)c3sc4cc(C)ccc4c3Cl)cc2)cc1. The number of fused-ring (bicyclic) bond motifs is 1. The van der Waals surface area contributed by atoms with E-state index in [0.29, 0.717) is 32.5 Å². The zero-order valence-electron chi connectivity index (χ0n) is 18.3. The van der Waals surface area contributed by atoms with E-state index in [1.165, 1.54) is 11.3 Å². The van der Waals surface area contributed by atoms with E-state index in [4.69, 9.17) is 16.3 Å². The van der Waals surface area contributed by atoms with Gasteiger partial charge < -0.3 is 10.1 Å². The van der Waals surface area contributed by atoms with Gasteiger partial charge in [-0.15, -0.1) is 11.3 Å². The number of amides is 3. The van der Waals surface area contributed by atoms with Crippen molar-refractivity contribution in [2.75, 3.05) is 12.4 Å². The van der Waals surface area contributed by atoms with Crippen LogP contribution in [0.2, 0.25) is 5.02 Å². The van der Waals surface area contributed by atoms with Crippen LogP contribution >= 0.6 is 22.9 Å². The normalized spacial score (nSPS) is 10.6. The van der Waals surface area contributed by atoms with Crippen molar-refractivity contribution in [1.29, 1.82) is 0 Å². The summed E-state index contributed by atoms with van der Waals surface area (Å²) in [5.41, 5.74) is 7.15. The summed E-state index contributed by atoms with van der Waals surface area (Å²) in [6.45, 7) is 1.96. The topological polar surface area (TPSA) is 96.5 Å². The van der Waals surface area contributed by atoms with Gasteiger partial charge in [0.2, 0.25) is 0 Å². The van der Waals surface area contributed by atoms with Gasteiger partial charge in [-0.3, -0.25) is 25.2 Å². The number of hydrogen-bond acceptors (Lipinski definition) is 5. The minimum Gasteiger partial charge on any atom is -0.497 e. The van der Waals surface area contributed by atoms with Crippen LogP contribution in [0.25, 0.3) is 10.1 Å². The highest BCUT2D eigenvalue weighted by Crippen LogP contribution is 2.35. The summed E-state index contributed by atoms with van der Waals surface area (Å²) >= 11 is 7.61. The molecule has 0 bridgehead atoms. The van der Waals surface area contributed by atoms with E-state index in [1.807, 2.05) is 25.1 Å². The van der Waals surface area contributed by atoms with Crippen LogP contribution in [0.5, 0.6) is 5.75 Å². The van der Waals surface area contributed by atoms with E-state index in [-0.39, 0.29) is 5.91 Å². The van der Waals surface area contributed by atoms with Crippen LogP contribution in [-0.2, 0) is 0 Å². The molecule has 3 amide bonds. The molecule has 0 atom stereocenters. The van der Waals surface area contributed by atoms with Gasteiger partial charge in [-0.05, 0) is 67.1 Å². The third kappa shape index (κ3) is 5.03. The molecule has 7 nitrogen and oxygen atoms in total. The Hall–Kier alpha value is -3.88. The van der Waals surface area contributed by atoms with E-state index in [1.54, 1.807) is 55.6 Å². The first-order chi connectivity index (χ1) is 16.4. The van der Waals surface area contributed by atoms with Gasteiger partial charge in [0.1, 0.15) is 10.6 Å². The maximum atomic E-state index is 12.6. The number of carbonyl (C=O) groups excluding carboxylic acids is 3. The van der Waals surface area contributed by atoms with Crippen LogP contribution in [0.4, 0.5) is 5.69 Å². The Kier molecular flexibility index (Phi) is 6.81. The molecule has 0 radical (unpaired) electrons. The standard InChI is InChI=1S/C25H20ClN3O4S/c1-14-3-12-19-20(13-14)34-22(21(19)26)25(32)29-28-24(31)16-4-8-17(9-5-16)27-23(30)15-6-10-18(33-2)11-7-15/h3-13H,1-2H3,(H,27,30)(H,28,31)(H,29,32). The molecule has 0 spiro atoms. The molecule has 0 aliphatic carbocycles. The largest absolute Gasteiger partial charge is 0.497 e. The number of hydrazine groups is 1. The molecule has 4 aromatic rings. The van der Waals surface area contributed by atoms with Crippen molar-refractivity contribution in [3.63, 3.8) is 0 Å². The number of aryl methyl sites for hydroxylation is 1. The van der Waals surface area contributed by atoms with Crippen molar-refractivity contribution in [3.8, 4) is 5.75 Å². The minimum atomic E-state index is -0.505. The average Bonchev–Trinajstić information content (AvgIpc) is 3.18. The fraction of sp³-hybridized carbons (Fsp3) is 0.0800. The molecule has 34 heavy (non-hydrogen) atoms. The minimum absolute atomic E-state index is 0.289. The van der Waals surface area contributed by atoms with Gasteiger partial charge in [0.05, 0.1) is 12.1 Å². The Labute approximate surface area is 204 Å². The molecule has 0 unspecified atom stereocenters. The number of methoxy groups -OCH3 is 1. The fourth-order valence-corrected chi connectivity index (χ4v) is 4.72. The molecule has 1 heterocycles. The predicted octanol–water partition coefficient (Wildman–Crippen LogP) is 5.20. The summed E-state index contributed by atoms with van der Waals surface area (Å²) in [7, 11) is 1.55. The van der Waals surface area contributed by atoms with Crippen molar-refractivity contribution >= 4 is 56.4 Å². The van der Waals surface area contributed by atoms with Crippen LogP contribution < -0.4 is 20.9 Å². The van der Waals surface area contributed by atoms with Crippen molar-refractivity contribution in [3.05, 3.63) is 93.3 Å². The first kappa shape index (κ1) is 23.3.